The Kier molecular flexibility index (Phi) is 5.19. The zero-order chi connectivity index (χ0) is 17.9. The number of rotatable bonds is 6. The first-order valence-electron chi connectivity index (χ1n) is 8.22. The number of aromatic nitrogens is 2. The third-order valence-corrected chi connectivity index (χ3v) is 5.61. The molecule has 0 saturated carbocycles. The second-order valence-electron chi connectivity index (χ2n) is 5.93. The van der Waals surface area contributed by atoms with Crippen molar-refractivity contribution in [3.05, 3.63) is 59.8 Å². The van der Waals surface area contributed by atoms with E-state index in [1.54, 1.807) is 25.1 Å². The van der Waals surface area contributed by atoms with Crippen LogP contribution in [-0.4, -0.2) is 21.2 Å². The monoisotopic (exact) mass is 356 g/mol. The maximum atomic E-state index is 12.5. The highest BCUT2D eigenvalue weighted by Gasteiger charge is 2.25. The van der Waals surface area contributed by atoms with Crippen molar-refractivity contribution in [2.75, 3.05) is 0 Å². The number of nitrogens with one attached hydrogen (secondary N) is 1. The molecule has 6 heteroatoms. The number of nitrogens with zero attached hydrogens (tertiary/aromatic N) is 1. The molecule has 0 radical (unpaired) electrons. The predicted molar refractivity (Wildman–Crippen MR) is 102 cm³/mol. The lowest BCUT2D eigenvalue weighted by atomic mass is 10.1. The Bertz CT molecular complexity index is 934. The fourth-order valence-electron chi connectivity index (χ4n) is 2.44. The molecule has 1 heterocycles. The van der Waals surface area contributed by atoms with Gasteiger partial charge in [-0.3, -0.25) is 9.66 Å². The Morgan fingerprint density at radius 3 is 2.72 bits per heavy atom. The first-order valence-corrected chi connectivity index (χ1v) is 9.80. The van der Waals surface area contributed by atoms with Gasteiger partial charge in [0.15, 0.2) is 0 Å². The van der Waals surface area contributed by atoms with Gasteiger partial charge >= 0.3 is 7.60 Å². The van der Waals surface area contributed by atoms with Gasteiger partial charge in [0.25, 0.3) is 0 Å². The van der Waals surface area contributed by atoms with E-state index >= 15 is 0 Å². The molecule has 0 spiro atoms. The summed E-state index contributed by atoms with van der Waals surface area (Å²) in [5, 5.41) is 8.29. The van der Waals surface area contributed by atoms with Crippen LogP contribution in [0.25, 0.3) is 23.1 Å². The van der Waals surface area contributed by atoms with E-state index in [-0.39, 0.29) is 11.4 Å². The Hall–Kier alpha value is -2.20. The van der Waals surface area contributed by atoms with Crippen LogP contribution in [0, 0.1) is 0 Å². The third-order valence-electron chi connectivity index (χ3n) is 4.03. The lowest BCUT2D eigenvalue weighted by Gasteiger charge is -2.16. The van der Waals surface area contributed by atoms with Crippen molar-refractivity contribution in [2.24, 2.45) is 0 Å². The standard InChI is InChI=1S/C19H21N2O3P/c1-3-14(2)24-25(22,23)16-10-12-19-17(13-16)18(20-21-19)11-9-15-7-5-4-6-8-15/h4-14H,3H2,1-2H3,(H,20,21)(H,22,23). The molecule has 2 unspecified atom stereocenters. The van der Waals surface area contributed by atoms with E-state index in [1.807, 2.05) is 49.4 Å². The molecule has 0 amide bonds. The maximum absolute atomic E-state index is 12.5. The molecule has 0 aliphatic heterocycles. The first-order chi connectivity index (χ1) is 12.0. The number of fused-ring (bicyclic) bond motifs is 1. The smallest absolute Gasteiger partial charge is 0.321 e. The average Bonchev–Trinajstić information content (AvgIpc) is 3.02. The van der Waals surface area contributed by atoms with Gasteiger partial charge in [-0.25, -0.2) is 0 Å². The lowest BCUT2D eigenvalue weighted by molar-refractivity contribution is 0.192. The highest BCUT2D eigenvalue weighted by molar-refractivity contribution is 7.61. The highest BCUT2D eigenvalue weighted by Crippen LogP contribution is 2.43. The minimum absolute atomic E-state index is 0.274. The lowest BCUT2D eigenvalue weighted by Crippen LogP contribution is -2.12. The summed E-state index contributed by atoms with van der Waals surface area (Å²) in [5.41, 5.74) is 2.58. The molecule has 130 valence electrons. The van der Waals surface area contributed by atoms with E-state index in [4.69, 9.17) is 4.52 Å². The van der Waals surface area contributed by atoms with Crippen LogP contribution in [0.2, 0.25) is 0 Å². The number of hydrogen-bond acceptors (Lipinski definition) is 3. The van der Waals surface area contributed by atoms with Gasteiger partial charge in [-0.15, -0.1) is 0 Å². The number of hydrogen-bond donors (Lipinski definition) is 2. The second kappa shape index (κ2) is 7.36. The van der Waals surface area contributed by atoms with E-state index in [0.29, 0.717) is 12.1 Å². The van der Waals surface area contributed by atoms with Crippen molar-refractivity contribution in [1.29, 1.82) is 0 Å². The van der Waals surface area contributed by atoms with Crippen LogP contribution < -0.4 is 5.30 Å². The molecule has 2 aromatic carbocycles. The first kappa shape index (κ1) is 17.6. The Labute approximate surface area is 146 Å². The number of aromatic amines is 1. The zero-order valence-corrected chi connectivity index (χ0v) is 15.1. The van der Waals surface area contributed by atoms with Crippen LogP contribution in [0.3, 0.4) is 0 Å². The predicted octanol–water partition coefficient (Wildman–Crippen LogP) is 4.36. The van der Waals surface area contributed by atoms with Gasteiger partial charge in [0.1, 0.15) is 0 Å². The molecular formula is C19H21N2O3P. The largest absolute Gasteiger partial charge is 0.359 e. The summed E-state index contributed by atoms with van der Waals surface area (Å²) in [4.78, 5) is 10.3. The van der Waals surface area contributed by atoms with Crippen molar-refractivity contribution in [3.8, 4) is 0 Å². The molecule has 2 N–H and O–H groups in total. The van der Waals surface area contributed by atoms with Crippen LogP contribution in [0.1, 0.15) is 31.5 Å². The van der Waals surface area contributed by atoms with Crippen LogP contribution in [-0.2, 0) is 9.09 Å². The van der Waals surface area contributed by atoms with Crippen molar-refractivity contribution in [1.82, 2.24) is 10.2 Å². The van der Waals surface area contributed by atoms with Crippen molar-refractivity contribution in [2.45, 2.75) is 26.4 Å². The topological polar surface area (TPSA) is 75.2 Å². The highest BCUT2D eigenvalue weighted by atomic mass is 31.2. The van der Waals surface area contributed by atoms with Crippen LogP contribution in [0.15, 0.2) is 48.5 Å². The molecule has 0 fully saturated rings. The molecule has 2 atom stereocenters. The van der Waals surface area contributed by atoms with Gasteiger partial charge in [0.05, 0.1) is 22.6 Å². The van der Waals surface area contributed by atoms with Gasteiger partial charge < -0.3 is 9.42 Å². The summed E-state index contributed by atoms with van der Waals surface area (Å²) >= 11 is 0. The summed E-state index contributed by atoms with van der Waals surface area (Å²) in [6.07, 6.45) is 4.23. The second-order valence-corrected chi connectivity index (χ2v) is 7.70. The van der Waals surface area contributed by atoms with E-state index in [1.165, 1.54) is 0 Å². The van der Waals surface area contributed by atoms with Gasteiger partial charge in [0, 0.05) is 5.39 Å². The summed E-state index contributed by atoms with van der Waals surface area (Å²) < 4.78 is 17.9. The summed E-state index contributed by atoms with van der Waals surface area (Å²) in [5.74, 6) is 0. The number of benzene rings is 2. The minimum Gasteiger partial charge on any atom is -0.321 e. The summed E-state index contributed by atoms with van der Waals surface area (Å²) in [7, 11) is -3.86. The van der Waals surface area contributed by atoms with E-state index in [0.717, 1.165) is 16.5 Å². The molecule has 0 aliphatic carbocycles. The van der Waals surface area contributed by atoms with Gasteiger partial charge in [-0.1, -0.05) is 43.3 Å². The molecule has 0 saturated heterocycles. The number of H-pyrrole nitrogens is 1. The molecule has 3 rings (SSSR count). The summed E-state index contributed by atoms with van der Waals surface area (Å²) in [6, 6.07) is 14.9. The fraction of sp³-hybridized carbons (Fsp3) is 0.211. The van der Waals surface area contributed by atoms with Crippen molar-refractivity contribution < 1.29 is 14.0 Å². The molecular weight excluding hydrogens is 335 g/mol. The van der Waals surface area contributed by atoms with Gasteiger partial charge in [-0.2, -0.15) is 5.10 Å². The normalized spacial score (nSPS) is 15.5. The van der Waals surface area contributed by atoms with E-state index in [2.05, 4.69) is 10.2 Å². The molecule has 5 nitrogen and oxygen atoms in total. The molecule has 1 aromatic heterocycles. The van der Waals surface area contributed by atoms with Crippen LogP contribution in [0.5, 0.6) is 0 Å². The Morgan fingerprint density at radius 2 is 2.00 bits per heavy atom. The van der Waals surface area contributed by atoms with Crippen LogP contribution in [0.4, 0.5) is 0 Å². The molecule has 3 aromatic rings. The third kappa shape index (κ3) is 4.07. The Morgan fingerprint density at radius 1 is 1.24 bits per heavy atom. The van der Waals surface area contributed by atoms with E-state index in [9.17, 15) is 9.46 Å². The maximum Gasteiger partial charge on any atom is 0.359 e. The Balaban J connectivity index is 1.94. The fourth-order valence-corrected chi connectivity index (χ4v) is 3.76. The van der Waals surface area contributed by atoms with Gasteiger partial charge in [0.2, 0.25) is 0 Å². The van der Waals surface area contributed by atoms with Crippen molar-refractivity contribution >= 4 is 36.0 Å². The molecule has 0 aliphatic rings. The molecule has 25 heavy (non-hydrogen) atoms. The molecule has 0 bridgehead atoms. The minimum atomic E-state index is -3.86. The van der Waals surface area contributed by atoms with Crippen molar-refractivity contribution in [3.63, 3.8) is 0 Å². The average molecular weight is 356 g/mol. The quantitative estimate of drug-likeness (QED) is 0.644. The van der Waals surface area contributed by atoms with E-state index < -0.39 is 7.60 Å². The zero-order valence-electron chi connectivity index (χ0n) is 14.2. The van der Waals surface area contributed by atoms with Gasteiger partial charge in [-0.05, 0) is 43.2 Å². The van der Waals surface area contributed by atoms with Crippen LogP contribution >= 0.6 is 7.60 Å². The SMILES string of the molecule is CCC(C)OP(=O)(O)c1ccc2[nH]nc(C=Cc3ccccc3)c2c1. The summed E-state index contributed by atoms with van der Waals surface area (Å²) in [6.45, 7) is 3.70.